The summed E-state index contributed by atoms with van der Waals surface area (Å²) in [4.78, 5) is 30.0. The normalized spacial score (nSPS) is 17.9. The Hall–Kier alpha value is -2.91. The molecule has 2 aromatic heterocycles. The summed E-state index contributed by atoms with van der Waals surface area (Å²) in [6, 6.07) is 0.448. The fourth-order valence-electron chi connectivity index (χ4n) is 3.25. The second-order valence-electron chi connectivity index (χ2n) is 7.08. The second kappa shape index (κ2) is 8.22. The Morgan fingerprint density at radius 2 is 2.07 bits per heavy atom. The van der Waals surface area contributed by atoms with Crippen LogP contribution in [0.1, 0.15) is 52.2 Å². The number of rotatable bonds is 4. The van der Waals surface area contributed by atoms with Gasteiger partial charge in [0.1, 0.15) is 5.76 Å². The molecule has 3 rings (SSSR count). The van der Waals surface area contributed by atoms with Gasteiger partial charge in [0.15, 0.2) is 0 Å². The van der Waals surface area contributed by atoms with E-state index in [0.717, 1.165) is 23.5 Å². The van der Waals surface area contributed by atoms with Crippen molar-refractivity contribution in [2.75, 3.05) is 6.54 Å². The van der Waals surface area contributed by atoms with Crippen LogP contribution in [0.2, 0.25) is 0 Å². The molecule has 0 saturated carbocycles. The third-order valence-corrected chi connectivity index (χ3v) is 5.00. The zero-order valence-electron chi connectivity index (χ0n) is 16.0. The van der Waals surface area contributed by atoms with Crippen LogP contribution in [0.15, 0.2) is 23.0 Å². The predicted octanol–water partition coefficient (Wildman–Crippen LogP) is 3.02. The van der Waals surface area contributed by atoms with Gasteiger partial charge in [0, 0.05) is 37.0 Å². The molecule has 0 bridgehead atoms. The van der Waals surface area contributed by atoms with Crippen LogP contribution in [0.4, 0.5) is 13.2 Å². The number of pyridine rings is 1. The number of nitrogens with zero attached hydrogens (tertiary/aromatic N) is 3. The van der Waals surface area contributed by atoms with Gasteiger partial charge in [0.2, 0.25) is 5.91 Å². The van der Waals surface area contributed by atoms with Crippen molar-refractivity contribution in [1.29, 1.82) is 0 Å². The molecule has 1 N–H and O–H groups in total. The van der Waals surface area contributed by atoms with Crippen molar-refractivity contribution in [1.82, 2.24) is 20.4 Å². The molecule has 1 aliphatic heterocycles. The number of amides is 2. The molecule has 10 heteroatoms. The Bertz CT molecular complexity index is 891. The van der Waals surface area contributed by atoms with Gasteiger partial charge in [-0.25, -0.2) is 0 Å². The molecule has 3 heterocycles. The molecule has 1 fully saturated rings. The van der Waals surface area contributed by atoms with Crippen LogP contribution in [0, 0.1) is 13.8 Å². The van der Waals surface area contributed by atoms with E-state index in [1.165, 1.54) is 0 Å². The lowest BCUT2D eigenvalue weighted by molar-refractivity contribution is -0.137. The van der Waals surface area contributed by atoms with Gasteiger partial charge in [0.05, 0.1) is 23.4 Å². The number of hydrogen-bond acceptors (Lipinski definition) is 5. The van der Waals surface area contributed by atoms with Gasteiger partial charge in [-0.3, -0.25) is 14.6 Å². The molecule has 29 heavy (non-hydrogen) atoms. The van der Waals surface area contributed by atoms with Crippen molar-refractivity contribution in [3.05, 3.63) is 46.6 Å². The molecule has 0 spiro atoms. The lowest BCUT2D eigenvalue weighted by atomic mass is 10.1. The standard InChI is InChI=1S/C19H21F3N4O3/c1-11-16(12(2)29-25-11)10-26-6-5-15(3-4-17(26)27)24-18(28)13-7-14(9-23-8-13)19(20,21)22/h7-9,15H,3-6,10H2,1-2H3,(H,24,28). The van der Waals surface area contributed by atoms with Gasteiger partial charge >= 0.3 is 6.18 Å². The summed E-state index contributed by atoms with van der Waals surface area (Å²) in [5.41, 5.74) is 0.437. The Balaban J connectivity index is 1.63. The maximum Gasteiger partial charge on any atom is 0.417 e. The number of aromatic nitrogens is 2. The minimum absolute atomic E-state index is 0.0533. The van der Waals surface area contributed by atoms with Gasteiger partial charge < -0.3 is 14.7 Å². The maximum absolute atomic E-state index is 12.8. The molecule has 0 radical (unpaired) electrons. The molecule has 156 valence electrons. The molecular weight excluding hydrogens is 389 g/mol. The molecule has 2 amide bonds. The van der Waals surface area contributed by atoms with Crippen LogP contribution >= 0.6 is 0 Å². The second-order valence-corrected chi connectivity index (χ2v) is 7.08. The topological polar surface area (TPSA) is 88.3 Å². The molecular formula is C19H21F3N4O3. The van der Waals surface area contributed by atoms with Gasteiger partial charge in [0.25, 0.3) is 5.91 Å². The highest BCUT2D eigenvalue weighted by Gasteiger charge is 2.32. The van der Waals surface area contributed by atoms with Gasteiger partial charge in [-0.15, -0.1) is 0 Å². The van der Waals surface area contributed by atoms with Crippen LogP contribution in [-0.4, -0.2) is 39.4 Å². The largest absolute Gasteiger partial charge is 0.417 e. The summed E-state index contributed by atoms with van der Waals surface area (Å²) in [5.74, 6) is -0.0378. The van der Waals surface area contributed by atoms with Crippen LogP contribution in [0.25, 0.3) is 0 Å². The molecule has 0 aliphatic carbocycles. The van der Waals surface area contributed by atoms with E-state index in [1.54, 1.807) is 18.7 Å². The fraction of sp³-hybridized carbons (Fsp3) is 0.474. The summed E-state index contributed by atoms with van der Waals surface area (Å²) in [6.07, 6.45) is -1.67. The van der Waals surface area contributed by atoms with Gasteiger partial charge in [-0.2, -0.15) is 13.2 Å². The minimum Gasteiger partial charge on any atom is -0.361 e. The average molecular weight is 410 g/mol. The molecule has 1 saturated heterocycles. The first-order valence-electron chi connectivity index (χ1n) is 9.17. The van der Waals surface area contributed by atoms with Gasteiger partial charge in [-0.05, 0) is 32.8 Å². The smallest absolute Gasteiger partial charge is 0.361 e. The van der Waals surface area contributed by atoms with Crippen molar-refractivity contribution < 1.29 is 27.3 Å². The molecule has 1 atom stereocenters. The molecule has 1 aliphatic rings. The maximum atomic E-state index is 12.8. The van der Waals surface area contributed by atoms with E-state index in [-0.39, 0.29) is 23.9 Å². The van der Waals surface area contributed by atoms with E-state index >= 15 is 0 Å². The van der Waals surface area contributed by atoms with Crippen molar-refractivity contribution in [3.63, 3.8) is 0 Å². The van der Waals surface area contributed by atoms with E-state index in [1.807, 2.05) is 0 Å². The Labute approximate surface area is 165 Å². The van der Waals surface area contributed by atoms with E-state index < -0.39 is 17.6 Å². The zero-order valence-corrected chi connectivity index (χ0v) is 16.0. The summed E-state index contributed by atoms with van der Waals surface area (Å²) < 4.78 is 43.6. The highest BCUT2D eigenvalue weighted by atomic mass is 19.4. The number of nitrogens with one attached hydrogen (secondary N) is 1. The Morgan fingerprint density at radius 3 is 2.72 bits per heavy atom. The first kappa shape index (κ1) is 20.8. The summed E-state index contributed by atoms with van der Waals surface area (Å²) in [5, 5.41) is 6.61. The average Bonchev–Trinajstić information content (AvgIpc) is 2.88. The highest BCUT2D eigenvalue weighted by Crippen LogP contribution is 2.29. The fourth-order valence-corrected chi connectivity index (χ4v) is 3.25. The van der Waals surface area contributed by atoms with E-state index in [0.29, 0.717) is 37.9 Å². The van der Waals surface area contributed by atoms with E-state index in [4.69, 9.17) is 4.52 Å². The number of aryl methyl sites for hydroxylation is 2. The lowest BCUT2D eigenvalue weighted by Gasteiger charge is -2.21. The number of carbonyl (C=O) groups is 2. The number of carbonyl (C=O) groups excluding carboxylic acids is 2. The number of hydrogen-bond donors (Lipinski definition) is 1. The van der Waals surface area contributed by atoms with Crippen molar-refractivity contribution in [2.45, 2.75) is 51.9 Å². The van der Waals surface area contributed by atoms with Crippen molar-refractivity contribution in [3.8, 4) is 0 Å². The van der Waals surface area contributed by atoms with Crippen LogP contribution < -0.4 is 5.32 Å². The van der Waals surface area contributed by atoms with E-state index in [2.05, 4.69) is 15.5 Å². The SMILES string of the molecule is Cc1noc(C)c1CN1CCC(NC(=O)c2cncc(C(F)(F)F)c2)CCC1=O. The van der Waals surface area contributed by atoms with Gasteiger partial charge in [-0.1, -0.05) is 5.16 Å². The number of alkyl halides is 3. The highest BCUT2D eigenvalue weighted by molar-refractivity contribution is 5.94. The molecule has 1 unspecified atom stereocenters. The Kier molecular flexibility index (Phi) is 5.90. The van der Waals surface area contributed by atoms with Crippen LogP contribution in [0.5, 0.6) is 0 Å². The van der Waals surface area contributed by atoms with Crippen molar-refractivity contribution >= 4 is 11.8 Å². The molecule has 2 aromatic rings. The minimum atomic E-state index is -4.57. The first-order valence-corrected chi connectivity index (χ1v) is 9.17. The lowest BCUT2D eigenvalue weighted by Crippen LogP contribution is -2.36. The molecule has 7 nitrogen and oxygen atoms in total. The first-order chi connectivity index (χ1) is 13.6. The Morgan fingerprint density at radius 1 is 1.31 bits per heavy atom. The van der Waals surface area contributed by atoms with Crippen LogP contribution in [-0.2, 0) is 17.5 Å². The molecule has 0 aromatic carbocycles. The quantitative estimate of drug-likeness (QED) is 0.837. The predicted molar refractivity (Wildman–Crippen MR) is 95.7 cm³/mol. The monoisotopic (exact) mass is 410 g/mol. The number of halogens is 3. The van der Waals surface area contributed by atoms with E-state index in [9.17, 15) is 22.8 Å². The zero-order chi connectivity index (χ0) is 21.2. The third kappa shape index (κ3) is 4.93. The summed E-state index contributed by atoms with van der Waals surface area (Å²) >= 11 is 0. The summed E-state index contributed by atoms with van der Waals surface area (Å²) in [6.45, 7) is 4.37. The third-order valence-electron chi connectivity index (χ3n) is 5.00. The summed E-state index contributed by atoms with van der Waals surface area (Å²) in [7, 11) is 0. The number of likely N-dealkylation sites (tertiary alicyclic amines) is 1. The van der Waals surface area contributed by atoms with Crippen molar-refractivity contribution in [2.24, 2.45) is 0 Å². The van der Waals surface area contributed by atoms with Crippen LogP contribution in [0.3, 0.4) is 0 Å².